The highest BCUT2D eigenvalue weighted by Crippen LogP contribution is 2.32. The monoisotopic (exact) mass is 408 g/mol. The second-order valence-corrected chi connectivity index (χ2v) is 8.41. The Morgan fingerprint density at radius 1 is 1.14 bits per heavy atom. The van der Waals surface area contributed by atoms with Gasteiger partial charge in [-0.25, -0.2) is 0 Å². The summed E-state index contributed by atoms with van der Waals surface area (Å²) in [6, 6.07) is 16.2. The van der Waals surface area contributed by atoms with Crippen molar-refractivity contribution in [3.63, 3.8) is 0 Å². The second-order valence-electron chi connectivity index (χ2n) is 7.97. The molecule has 3 N–H and O–H groups in total. The number of para-hydroxylation sites is 1. The SMILES string of the molecule is O=C1NC(N2CCc3ccccc32)NC2NCCC(/C=C/c3cccc(Cl)c3)C12. The largest absolute Gasteiger partial charge is 0.338 e. The van der Waals surface area contributed by atoms with E-state index < -0.39 is 0 Å². The molecule has 0 bridgehead atoms. The molecule has 3 aliphatic rings. The van der Waals surface area contributed by atoms with Crippen LogP contribution in [0.3, 0.4) is 0 Å². The van der Waals surface area contributed by atoms with Crippen LogP contribution in [0.15, 0.2) is 54.6 Å². The molecule has 6 heteroatoms. The fraction of sp³-hybridized carbons (Fsp3) is 0.348. The van der Waals surface area contributed by atoms with Crippen molar-refractivity contribution in [1.29, 1.82) is 0 Å². The first-order valence-corrected chi connectivity index (χ1v) is 10.6. The van der Waals surface area contributed by atoms with E-state index in [0.717, 1.165) is 36.5 Å². The van der Waals surface area contributed by atoms with Crippen molar-refractivity contribution in [2.45, 2.75) is 25.3 Å². The van der Waals surface area contributed by atoms with Gasteiger partial charge in [-0.3, -0.25) is 10.1 Å². The number of nitrogens with one attached hydrogen (secondary N) is 3. The number of rotatable bonds is 3. The molecule has 4 unspecified atom stereocenters. The molecule has 3 heterocycles. The summed E-state index contributed by atoms with van der Waals surface area (Å²) < 4.78 is 0. The number of allylic oxidation sites excluding steroid dienone is 1. The van der Waals surface area contributed by atoms with Crippen LogP contribution in [-0.4, -0.2) is 31.5 Å². The smallest absolute Gasteiger partial charge is 0.229 e. The van der Waals surface area contributed by atoms with Crippen molar-refractivity contribution >= 4 is 29.3 Å². The lowest BCUT2D eigenvalue weighted by Crippen LogP contribution is -2.72. The highest BCUT2D eigenvalue weighted by Gasteiger charge is 2.44. The van der Waals surface area contributed by atoms with Crippen LogP contribution in [0.2, 0.25) is 5.02 Å². The summed E-state index contributed by atoms with van der Waals surface area (Å²) in [7, 11) is 0. The van der Waals surface area contributed by atoms with Gasteiger partial charge in [0.05, 0.1) is 12.1 Å². The van der Waals surface area contributed by atoms with Crippen LogP contribution in [0, 0.1) is 11.8 Å². The van der Waals surface area contributed by atoms with Gasteiger partial charge in [0.15, 0.2) is 6.29 Å². The Morgan fingerprint density at radius 2 is 2.03 bits per heavy atom. The lowest BCUT2D eigenvalue weighted by atomic mass is 9.81. The van der Waals surface area contributed by atoms with Crippen molar-refractivity contribution in [3.05, 3.63) is 70.8 Å². The first-order chi connectivity index (χ1) is 14.2. The molecule has 0 saturated carbocycles. The van der Waals surface area contributed by atoms with E-state index >= 15 is 0 Å². The number of carbonyl (C=O) groups is 1. The third-order valence-electron chi connectivity index (χ3n) is 6.20. The first-order valence-electron chi connectivity index (χ1n) is 10.3. The zero-order valence-corrected chi connectivity index (χ0v) is 16.9. The normalized spacial score (nSPS) is 28.9. The Kier molecular flexibility index (Phi) is 5.04. The van der Waals surface area contributed by atoms with Crippen LogP contribution in [0.1, 0.15) is 17.5 Å². The quantitative estimate of drug-likeness (QED) is 0.730. The van der Waals surface area contributed by atoms with Crippen LogP contribution in [0.4, 0.5) is 5.69 Å². The minimum atomic E-state index is -0.185. The van der Waals surface area contributed by atoms with E-state index in [1.54, 1.807) is 0 Å². The molecule has 0 radical (unpaired) electrons. The summed E-state index contributed by atoms with van der Waals surface area (Å²) in [6.07, 6.45) is 5.97. The third kappa shape index (κ3) is 3.66. The van der Waals surface area contributed by atoms with E-state index in [9.17, 15) is 4.79 Å². The van der Waals surface area contributed by atoms with Gasteiger partial charge < -0.3 is 15.5 Å². The summed E-state index contributed by atoms with van der Waals surface area (Å²) in [5.74, 6) is 0.156. The fourth-order valence-corrected chi connectivity index (χ4v) is 4.97. The Balaban J connectivity index is 1.32. The molecule has 2 saturated heterocycles. The Bertz CT molecular complexity index is 946. The fourth-order valence-electron chi connectivity index (χ4n) is 4.77. The number of hydrogen-bond donors (Lipinski definition) is 3. The zero-order valence-electron chi connectivity index (χ0n) is 16.1. The van der Waals surface area contributed by atoms with Gasteiger partial charge >= 0.3 is 0 Å². The molecule has 150 valence electrons. The number of amides is 1. The Labute approximate surface area is 176 Å². The van der Waals surface area contributed by atoms with E-state index in [1.807, 2.05) is 24.3 Å². The van der Waals surface area contributed by atoms with E-state index in [2.05, 4.69) is 57.3 Å². The summed E-state index contributed by atoms with van der Waals surface area (Å²) in [5.41, 5.74) is 3.60. The number of halogens is 1. The van der Waals surface area contributed by atoms with Crippen LogP contribution < -0.4 is 20.9 Å². The average Bonchev–Trinajstić information content (AvgIpc) is 3.16. The number of fused-ring (bicyclic) bond motifs is 2. The minimum absolute atomic E-state index is 0.0377. The summed E-state index contributed by atoms with van der Waals surface area (Å²) in [5, 5.41) is 11.1. The number of piperidine rings is 1. The van der Waals surface area contributed by atoms with Gasteiger partial charge in [0.1, 0.15) is 0 Å². The minimum Gasteiger partial charge on any atom is -0.338 e. The van der Waals surface area contributed by atoms with Crippen molar-refractivity contribution in [3.8, 4) is 0 Å². The Morgan fingerprint density at radius 3 is 2.93 bits per heavy atom. The highest BCUT2D eigenvalue weighted by atomic mass is 35.5. The van der Waals surface area contributed by atoms with Crippen LogP contribution >= 0.6 is 11.6 Å². The molecule has 3 aliphatic heterocycles. The van der Waals surface area contributed by atoms with Gasteiger partial charge in [0.25, 0.3) is 0 Å². The average molecular weight is 409 g/mol. The number of carbonyl (C=O) groups excluding carboxylic acids is 1. The molecule has 0 aliphatic carbocycles. The maximum atomic E-state index is 13.1. The standard InChI is InChI=1S/C23H25ClN4O/c24-18-6-3-4-15(14-18)8-9-17-10-12-25-21-20(17)22(29)27-23(26-21)28-13-11-16-5-1-2-7-19(16)28/h1-9,14,17,20-21,23,25-26H,10-13H2,(H,27,29)/b9-8+. The first kappa shape index (κ1) is 18.7. The van der Waals surface area contributed by atoms with Crippen molar-refractivity contribution in [2.75, 3.05) is 18.0 Å². The molecule has 5 rings (SSSR count). The summed E-state index contributed by atoms with van der Waals surface area (Å²) in [4.78, 5) is 15.4. The molecular formula is C23H25ClN4O. The van der Waals surface area contributed by atoms with Crippen LogP contribution in [-0.2, 0) is 11.2 Å². The lowest BCUT2D eigenvalue weighted by molar-refractivity contribution is -0.132. The van der Waals surface area contributed by atoms with Gasteiger partial charge in [0, 0.05) is 17.3 Å². The van der Waals surface area contributed by atoms with Crippen molar-refractivity contribution in [2.24, 2.45) is 11.8 Å². The number of anilines is 1. The molecule has 2 aromatic carbocycles. The number of benzene rings is 2. The zero-order chi connectivity index (χ0) is 19.8. The maximum Gasteiger partial charge on any atom is 0.229 e. The molecule has 1 amide bonds. The van der Waals surface area contributed by atoms with Crippen molar-refractivity contribution < 1.29 is 4.79 Å². The molecule has 2 aromatic rings. The third-order valence-corrected chi connectivity index (χ3v) is 6.44. The van der Waals surface area contributed by atoms with E-state index in [0.29, 0.717) is 0 Å². The Hall–Kier alpha value is -2.34. The van der Waals surface area contributed by atoms with Crippen LogP contribution in [0.5, 0.6) is 0 Å². The van der Waals surface area contributed by atoms with Crippen LogP contribution in [0.25, 0.3) is 6.08 Å². The number of nitrogens with zero attached hydrogens (tertiary/aromatic N) is 1. The van der Waals surface area contributed by atoms with E-state index in [-0.39, 0.29) is 30.2 Å². The molecule has 0 spiro atoms. The van der Waals surface area contributed by atoms with E-state index in [1.165, 1.54) is 11.3 Å². The van der Waals surface area contributed by atoms with Gasteiger partial charge in [-0.2, -0.15) is 0 Å². The van der Waals surface area contributed by atoms with Gasteiger partial charge in [0.2, 0.25) is 5.91 Å². The molecule has 0 aromatic heterocycles. The van der Waals surface area contributed by atoms with Crippen molar-refractivity contribution in [1.82, 2.24) is 16.0 Å². The van der Waals surface area contributed by atoms with E-state index in [4.69, 9.17) is 11.6 Å². The van der Waals surface area contributed by atoms with Gasteiger partial charge in [-0.15, -0.1) is 0 Å². The molecular weight excluding hydrogens is 384 g/mol. The maximum absolute atomic E-state index is 13.1. The summed E-state index contributed by atoms with van der Waals surface area (Å²) >= 11 is 6.09. The molecule has 2 fully saturated rings. The number of hydrogen-bond acceptors (Lipinski definition) is 4. The predicted octanol–water partition coefficient (Wildman–Crippen LogP) is 2.97. The molecule has 4 atom stereocenters. The van der Waals surface area contributed by atoms with Gasteiger partial charge in [-0.05, 0) is 54.6 Å². The van der Waals surface area contributed by atoms with Gasteiger partial charge in [-0.1, -0.05) is 54.1 Å². The molecule has 5 nitrogen and oxygen atoms in total. The molecule has 29 heavy (non-hydrogen) atoms. The lowest BCUT2D eigenvalue weighted by Gasteiger charge is -2.46. The second kappa shape index (κ2) is 7.82. The predicted molar refractivity (Wildman–Crippen MR) is 116 cm³/mol. The highest BCUT2D eigenvalue weighted by molar-refractivity contribution is 6.30. The summed E-state index contributed by atoms with van der Waals surface area (Å²) in [6.45, 7) is 1.79. The topological polar surface area (TPSA) is 56.4 Å².